The van der Waals surface area contributed by atoms with E-state index in [0.29, 0.717) is 11.4 Å². The second-order valence-corrected chi connectivity index (χ2v) is 3.75. The Bertz CT molecular complexity index is 680. The number of halogens is 1. The summed E-state index contributed by atoms with van der Waals surface area (Å²) in [5, 5.41) is 1.06. The SMILES string of the molecule is Fc1ccnc(-c2ccc3ccccc3n2)c1. The maximum absolute atomic E-state index is 13.1. The van der Waals surface area contributed by atoms with Crippen LogP contribution in [0.4, 0.5) is 4.39 Å². The molecule has 3 heteroatoms. The predicted molar refractivity (Wildman–Crippen MR) is 64.9 cm³/mol. The second-order valence-electron chi connectivity index (χ2n) is 3.75. The van der Waals surface area contributed by atoms with Crippen molar-refractivity contribution in [1.82, 2.24) is 9.97 Å². The van der Waals surface area contributed by atoms with Gasteiger partial charge in [0.25, 0.3) is 0 Å². The highest BCUT2D eigenvalue weighted by molar-refractivity contribution is 5.80. The molecule has 17 heavy (non-hydrogen) atoms. The molecular weight excluding hydrogens is 215 g/mol. The van der Waals surface area contributed by atoms with Crippen molar-refractivity contribution in [1.29, 1.82) is 0 Å². The van der Waals surface area contributed by atoms with Gasteiger partial charge < -0.3 is 0 Å². The molecule has 0 bridgehead atoms. The van der Waals surface area contributed by atoms with Crippen molar-refractivity contribution in [3.8, 4) is 11.4 Å². The van der Waals surface area contributed by atoms with E-state index in [4.69, 9.17) is 0 Å². The Labute approximate surface area is 97.8 Å². The van der Waals surface area contributed by atoms with Gasteiger partial charge in [0.1, 0.15) is 5.82 Å². The van der Waals surface area contributed by atoms with E-state index in [0.717, 1.165) is 10.9 Å². The van der Waals surface area contributed by atoms with Gasteiger partial charge in [-0.15, -0.1) is 0 Å². The Hall–Kier alpha value is -2.29. The van der Waals surface area contributed by atoms with Gasteiger partial charge in [0.2, 0.25) is 0 Å². The first-order chi connectivity index (χ1) is 8.33. The summed E-state index contributed by atoms with van der Waals surface area (Å²) in [6, 6.07) is 14.3. The number of aromatic nitrogens is 2. The van der Waals surface area contributed by atoms with E-state index in [2.05, 4.69) is 9.97 Å². The lowest BCUT2D eigenvalue weighted by Crippen LogP contribution is -1.89. The van der Waals surface area contributed by atoms with Gasteiger partial charge in [0.05, 0.1) is 16.9 Å². The lowest BCUT2D eigenvalue weighted by atomic mass is 10.1. The molecule has 0 aliphatic heterocycles. The zero-order chi connectivity index (χ0) is 11.7. The van der Waals surface area contributed by atoms with E-state index in [1.807, 2.05) is 36.4 Å². The molecule has 82 valence electrons. The zero-order valence-electron chi connectivity index (χ0n) is 8.97. The van der Waals surface area contributed by atoms with Crippen LogP contribution in [0.1, 0.15) is 0 Å². The van der Waals surface area contributed by atoms with Gasteiger partial charge in [-0.3, -0.25) is 4.98 Å². The van der Waals surface area contributed by atoms with Crippen LogP contribution in [-0.4, -0.2) is 9.97 Å². The van der Waals surface area contributed by atoms with Gasteiger partial charge in [-0.2, -0.15) is 0 Å². The maximum atomic E-state index is 13.1. The molecule has 2 aromatic heterocycles. The molecule has 0 aliphatic carbocycles. The van der Waals surface area contributed by atoms with Gasteiger partial charge >= 0.3 is 0 Å². The van der Waals surface area contributed by atoms with Gasteiger partial charge in [-0.25, -0.2) is 9.37 Å². The number of hydrogen-bond acceptors (Lipinski definition) is 2. The van der Waals surface area contributed by atoms with Crippen molar-refractivity contribution in [2.24, 2.45) is 0 Å². The van der Waals surface area contributed by atoms with Crippen molar-refractivity contribution >= 4 is 10.9 Å². The van der Waals surface area contributed by atoms with E-state index in [-0.39, 0.29) is 5.82 Å². The standard InChI is InChI=1S/C14H9FN2/c15-11-7-8-16-14(9-11)13-6-5-10-3-1-2-4-12(10)17-13/h1-9H. The summed E-state index contributed by atoms with van der Waals surface area (Å²) < 4.78 is 13.1. The third-order valence-electron chi connectivity index (χ3n) is 2.58. The molecule has 3 rings (SSSR count). The fourth-order valence-corrected chi connectivity index (χ4v) is 1.75. The lowest BCUT2D eigenvalue weighted by Gasteiger charge is -2.02. The van der Waals surface area contributed by atoms with Crippen molar-refractivity contribution in [3.05, 3.63) is 60.5 Å². The van der Waals surface area contributed by atoms with Crippen molar-refractivity contribution in [3.63, 3.8) is 0 Å². The van der Waals surface area contributed by atoms with Crippen LogP contribution < -0.4 is 0 Å². The van der Waals surface area contributed by atoms with E-state index in [9.17, 15) is 4.39 Å². The molecule has 0 atom stereocenters. The Kier molecular flexibility index (Phi) is 2.29. The third kappa shape index (κ3) is 1.87. The molecule has 0 unspecified atom stereocenters. The molecule has 0 radical (unpaired) electrons. The molecule has 0 amide bonds. The Morgan fingerprint density at radius 2 is 1.76 bits per heavy atom. The van der Waals surface area contributed by atoms with E-state index >= 15 is 0 Å². The van der Waals surface area contributed by atoms with Crippen LogP contribution in [0.5, 0.6) is 0 Å². The first-order valence-electron chi connectivity index (χ1n) is 5.31. The van der Waals surface area contributed by atoms with Gasteiger partial charge in [0, 0.05) is 17.6 Å². The minimum atomic E-state index is -0.301. The molecule has 2 heterocycles. The normalized spacial score (nSPS) is 10.6. The molecule has 3 aromatic rings. The molecule has 0 fully saturated rings. The number of nitrogens with zero attached hydrogens (tertiary/aromatic N) is 2. The van der Waals surface area contributed by atoms with Crippen molar-refractivity contribution < 1.29 is 4.39 Å². The van der Waals surface area contributed by atoms with Gasteiger partial charge in [-0.1, -0.05) is 24.3 Å². The number of hydrogen-bond donors (Lipinski definition) is 0. The van der Waals surface area contributed by atoms with Crippen LogP contribution in [0.2, 0.25) is 0 Å². The maximum Gasteiger partial charge on any atom is 0.126 e. The number of para-hydroxylation sites is 1. The van der Waals surface area contributed by atoms with Crippen LogP contribution in [0.25, 0.3) is 22.3 Å². The van der Waals surface area contributed by atoms with Crippen LogP contribution in [0.3, 0.4) is 0 Å². The minimum Gasteiger partial charge on any atom is -0.254 e. The first-order valence-corrected chi connectivity index (χ1v) is 5.31. The van der Waals surface area contributed by atoms with Crippen molar-refractivity contribution in [2.45, 2.75) is 0 Å². The summed E-state index contributed by atoms with van der Waals surface area (Å²) in [4.78, 5) is 8.57. The average molecular weight is 224 g/mol. The third-order valence-corrected chi connectivity index (χ3v) is 2.58. The molecule has 0 aliphatic rings. The fraction of sp³-hybridized carbons (Fsp3) is 0. The smallest absolute Gasteiger partial charge is 0.126 e. The molecule has 0 saturated heterocycles. The van der Waals surface area contributed by atoms with Crippen LogP contribution >= 0.6 is 0 Å². The topological polar surface area (TPSA) is 25.8 Å². The number of fused-ring (bicyclic) bond motifs is 1. The van der Waals surface area contributed by atoms with Crippen molar-refractivity contribution in [2.75, 3.05) is 0 Å². The summed E-state index contributed by atoms with van der Waals surface area (Å²) in [6.45, 7) is 0. The largest absolute Gasteiger partial charge is 0.254 e. The van der Waals surface area contributed by atoms with Gasteiger partial charge in [-0.05, 0) is 18.2 Å². The van der Waals surface area contributed by atoms with Crippen LogP contribution in [-0.2, 0) is 0 Å². The molecule has 0 spiro atoms. The fourth-order valence-electron chi connectivity index (χ4n) is 1.75. The molecule has 1 aromatic carbocycles. The number of rotatable bonds is 1. The molecule has 0 N–H and O–H groups in total. The predicted octanol–water partition coefficient (Wildman–Crippen LogP) is 3.44. The summed E-state index contributed by atoms with van der Waals surface area (Å²) in [6.07, 6.45) is 1.45. The molecular formula is C14H9FN2. The summed E-state index contributed by atoms with van der Waals surface area (Å²) >= 11 is 0. The molecule has 0 saturated carbocycles. The highest BCUT2D eigenvalue weighted by Crippen LogP contribution is 2.19. The Morgan fingerprint density at radius 3 is 2.65 bits per heavy atom. The lowest BCUT2D eigenvalue weighted by molar-refractivity contribution is 0.626. The Balaban J connectivity index is 2.18. The summed E-state index contributed by atoms with van der Waals surface area (Å²) in [5.74, 6) is -0.301. The highest BCUT2D eigenvalue weighted by atomic mass is 19.1. The second kappa shape index (κ2) is 3.94. The van der Waals surface area contributed by atoms with Gasteiger partial charge in [0.15, 0.2) is 0 Å². The average Bonchev–Trinajstić information content (AvgIpc) is 2.38. The van der Waals surface area contributed by atoms with Crippen LogP contribution in [0.15, 0.2) is 54.7 Å². The molecule has 2 nitrogen and oxygen atoms in total. The summed E-state index contributed by atoms with van der Waals surface area (Å²) in [5.41, 5.74) is 2.12. The summed E-state index contributed by atoms with van der Waals surface area (Å²) in [7, 11) is 0. The first kappa shape index (κ1) is 9.90. The van der Waals surface area contributed by atoms with E-state index in [1.54, 1.807) is 0 Å². The highest BCUT2D eigenvalue weighted by Gasteiger charge is 2.03. The Morgan fingerprint density at radius 1 is 0.882 bits per heavy atom. The van der Waals surface area contributed by atoms with E-state index in [1.165, 1.54) is 18.3 Å². The monoisotopic (exact) mass is 224 g/mol. The quantitative estimate of drug-likeness (QED) is 0.632. The zero-order valence-corrected chi connectivity index (χ0v) is 8.97. The minimum absolute atomic E-state index is 0.301. The van der Waals surface area contributed by atoms with E-state index < -0.39 is 0 Å². The number of pyridine rings is 2. The number of benzene rings is 1. The van der Waals surface area contributed by atoms with Crippen LogP contribution in [0, 0.1) is 5.82 Å².